The maximum absolute atomic E-state index is 11.9. The summed E-state index contributed by atoms with van der Waals surface area (Å²) in [5.41, 5.74) is 2.49. The van der Waals surface area contributed by atoms with Gasteiger partial charge in [0.15, 0.2) is 5.13 Å². The number of aromatic nitrogens is 2. The number of amides is 1. The highest BCUT2D eigenvalue weighted by molar-refractivity contribution is 7.15. The molecule has 5 heteroatoms. The first kappa shape index (κ1) is 10.9. The van der Waals surface area contributed by atoms with Crippen LogP contribution in [0.3, 0.4) is 0 Å². The number of hydrogen-bond acceptors (Lipinski definition) is 3. The summed E-state index contributed by atoms with van der Waals surface area (Å²) >= 11 is 1.49. The largest absolute Gasteiger partial charge is 0.365 e. The van der Waals surface area contributed by atoms with Gasteiger partial charge in [-0.1, -0.05) is 0 Å². The van der Waals surface area contributed by atoms with Crippen molar-refractivity contribution >= 4 is 22.4 Å². The number of carbonyl (C=O) groups is 1. The Bertz CT molecular complexity index is 508. The summed E-state index contributed by atoms with van der Waals surface area (Å²) in [6.45, 7) is 5.79. The van der Waals surface area contributed by atoms with E-state index in [1.54, 1.807) is 12.3 Å². The molecule has 4 nitrogen and oxygen atoms in total. The van der Waals surface area contributed by atoms with Crippen LogP contribution in [0, 0.1) is 20.8 Å². The molecule has 0 bridgehead atoms. The van der Waals surface area contributed by atoms with Gasteiger partial charge in [-0.25, -0.2) is 4.98 Å². The minimum atomic E-state index is -0.118. The van der Waals surface area contributed by atoms with E-state index in [2.05, 4.69) is 15.3 Å². The maximum Gasteiger partial charge on any atom is 0.259 e. The molecule has 2 aromatic heterocycles. The van der Waals surface area contributed by atoms with Crippen molar-refractivity contribution in [3.05, 3.63) is 34.1 Å². The third-order valence-corrected chi connectivity index (χ3v) is 3.44. The van der Waals surface area contributed by atoms with Crippen molar-refractivity contribution in [3.8, 4) is 0 Å². The molecule has 0 saturated carbocycles. The van der Waals surface area contributed by atoms with Crippen molar-refractivity contribution in [1.29, 1.82) is 0 Å². The van der Waals surface area contributed by atoms with E-state index in [-0.39, 0.29) is 5.91 Å². The van der Waals surface area contributed by atoms with Crippen LogP contribution in [0.5, 0.6) is 0 Å². The van der Waals surface area contributed by atoms with Crippen LogP contribution < -0.4 is 5.32 Å². The van der Waals surface area contributed by atoms with Crippen LogP contribution in [0.1, 0.15) is 26.6 Å². The standard InChI is InChI=1S/C11H13N3OS/c1-6-8(3)16-11(13-6)14-10(15)9-4-5-12-7(9)2/h4-5,12H,1-3H3,(H,13,14,15). The maximum atomic E-state index is 11.9. The van der Waals surface area contributed by atoms with Gasteiger partial charge in [0.05, 0.1) is 11.3 Å². The Morgan fingerprint density at radius 2 is 2.19 bits per heavy atom. The van der Waals surface area contributed by atoms with Gasteiger partial charge < -0.3 is 4.98 Å². The second kappa shape index (κ2) is 4.09. The van der Waals surface area contributed by atoms with E-state index in [9.17, 15) is 4.79 Å². The summed E-state index contributed by atoms with van der Waals surface area (Å²) in [5, 5.41) is 3.45. The number of nitrogens with zero attached hydrogens (tertiary/aromatic N) is 1. The molecule has 2 aromatic rings. The lowest BCUT2D eigenvalue weighted by Crippen LogP contribution is -2.12. The van der Waals surface area contributed by atoms with E-state index in [1.165, 1.54) is 11.3 Å². The van der Waals surface area contributed by atoms with E-state index < -0.39 is 0 Å². The molecule has 2 N–H and O–H groups in total. The summed E-state index contributed by atoms with van der Waals surface area (Å²) < 4.78 is 0. The van der Waals surface area contributed by atoms with Crippen molar-refractivity contribution in [3.63, 3.8) is 0 Å². The molecule has 84 valence electrons. The zero-order chi connectivity index (χ0) is 11.7. The van der Waals surface area contributed by atoms with Gasteiger partial charge in [-0.2, -0.15) is 0 Å². The fourth-order valence-electron chi connectivity index (χ4n) is 1.39. The van der Waals surface area contributed by atoms with Gasteiger partial charge in [0, 0.05) is 16.8 Å². The molecule has 0 aliphatic rings. The summed E-state index contributed by atoms with van der Waals surface area (Å²) in [6, 6.07) is 1.76. The zero-order valence-electron chi connectivity index (χ0n) is 9.42. The molecule has 0 aliphatic heterocycles. The van der Waals surface area contributed by atoms with Crippen LogP contribution in [-0.4, -0.2) is 15.9 Å². The SMILES string of the molecule is Cc1nc(NC(=O)c2cc[nH]c2C)sc1C. The van der Waals surface area contributed by atoms with Gasteiger partial charge in [0.1, 0.15) is 0 Å². The molecular formula is C11H13N3OS. The molecule has 0 atom stereocenters. The molecular weight excluding hydrogens is 222 g/mol. The molecule has 1 amide bonds. The minimum Gasteiger partial charge on any atom is -0.365 e. The molecule has 0 spiro atoms. The Balaban J connectivity index is 2.17. The number of carbonyl (C=O) groups excluding carboxylic acids is 1. The third kappa shape index (κ3) is 1.99. The highest BCUT2D eigenvalue weighted by Gasteiger charge is 2.12. The second-order valence-electron chi connectivity index (χ2n) is 3.63. The zero-order valence-corrected chi connectivity index (χ0v) is 10.2. The van der Waals surface area contributed by atoms with Gasteiger partial charge in [-0.3, -0.25) is 10.1 Å². The Hall–Kier alpha value is -1.62. The molecule has 0 saturated heterocycles. The summed E-state index contributed by atoms with van der Waals surface area (Å²) in [6.07, 6.45) is 1.75. The van der Waals surface area contributed by atoms with E-state index in [4.69, 9.17) is 0 Å². The van der Waals surface area contributed by atoms with Crippen LogP contribution >= 0.6 is 11.3 Å². The average Bonchev–Trinajstić information content (AvgIpc) is 2.74. The quantitative estimate of drug-likeness (QED) is 0.840. The van der Waals surface area contributed by atoms with Gasteiger partial charge >= 0.3 is 0 Å². The van der Waals surface area contributed by atoms with Gasteiger partial charge in [0.2, 0.25) is 0 Å². The van der Waals surface area contributed by atoms with Crippen LogP contribution in [0.4, 0.5) is 5.13 Å². The summed E-state index contributed by atoms with van der Waals surface area (Å²) in [5.74, 6) is -0.118. The highest BCUT2D eigenvalue weighted by atomic mass is 32.1. The number of aromatic amines is 1. The van der Waals surface area contributed by atoms with Crippen molar-refractivity contribution in [2.45, 2.75) is 20.8 Å². The van der Waals surface area contributed by atoms with E-state index in [0.29, 0.717) is 10.7 Å². The monoisotopic (exact) mass is 235 g/mol. The van der Waals surface area contributed by atoms with Crippen LogP contribution in [0.25, 0.3) is 0 Å². The minimum absolute atomic E-state index is 0.118. The number of rotatable bonds is 2. The van der Waals surface area contributed by atoms with Crippen LogP contribution in [0.15, 0.2) is 12.3 Å². The molecule has 16 heavy (non-hydrogen) atoms. The molecule has 0 unspecified atom stereocenters. The van der Waals surface area contributed by atoms with Crippen molar-refractivity contribution < 1.29 is 4.79 Å². The molecule has 0 radical (unpaired) electrons. The summed E-state index contributed by atoms with van der Waals surface area (Å²) in [7, 11) is 0. The Kier molecular flexibility index (Phi) is 2.78. The first-order valence-corrected chi connectivity index (χ1v) is 5.79. The fourth-order valence-corrected chi connectivity index (χ4v) is 2.20. The number of thiazole rings is 1. The summed E-state index contributed by atoms with van der Waals surface area (Å²) in [4.78, 5) is 20.2. The topological polar surface area (TPSA) is 57.8 Å². The highest BCUT2D eigenvalue weighted by Crippen LogP contribution is 2.21. The first-order valence-electron chi connectivity index (χ1n) is 4.97. The van der Waals surface area contributed by atoms with E-state index >= 15 is 0 Å². The predicted molar refractivity (Wildman–Crippen MR) is 65.1 cm³/mol. The van der Waals surface area contributed by atoms with Gasteiger partial charge in [0.25, 0.3) is 5.91 Å². The molecule has 0 aromatic carbocycles. The third-order valence-electron chi connectivity index (χ3n) is 2.45. The second-order valence-corrected chi connectivity index (χ2v) is 4.83. The lowest BCUT2D eigenvalue weighted by Gasteiger charge is -1.99. The van der Waals surface area contributed by atoms with Crippen molar-refractivity contribution in [2.24, 2.45) is 0 Å². The Labute approximate surface area is 97.7 Å². The van der Waals surface area contributed by atoms with Crippen LogP contribution in [-0.2, 0) is 0 Å². The smallest absolute Gasteiger partial charge is 0.259 e. The fraction of sp³-hybridized carbons (Fsp3) is 0.273. The molecule has 2 heterocycles. The van der Waals surface area contributed by atoms with Crippen molar-refractivity contribution in [1.82, 2.24) is 9.97 Å². The van der Waals surface area contributed by atoms with Crippen LogP contribution in [0.2, 0.25) is 0 Å². The Morgan fingerprint density at radius 1 is 1.44 bits per heavy atom. The van der Waals surface area contributed by atoms with E-state index in [0.717, 1.165) is 16.3 Å². The molecule has 0 aliphatic carbocycles. The normalized spacial score (nSPS) is 10.4. The predicted octanol–water partition coefficient (Wildman–Crippen LogP) is 2.65. The number of aryl methyl sites for hydroxylation is 3. The lowest BCUT2D eigenvalue weighted by molar-refractivity contribution is 0.102. The average molecular weight is 235 g/mol. The Morgan fingerprint density at radius 3 is 2.69 bits per heavy atom. The lowest BCUT2D eigenvalue weighted by atomic mass is 10.2. The number of anilines is 1. The molecule has 0 fully saturated rings. The number of nitrogens with one attached hydrogen (secondary N) is 2. The van der Waals surface area contributed by atoms with E-state index in [1.807, 2.05) is 20.8 Å². The molecule has 2 rings (SSSR count). The van der Waals surface area contributed by atoms with Gasteiger partial charge in [-0.15, -0.1) is 11.3 Å². The first-order chi connectivity index (χ1) is 7.58. The van der Waals surface area contributed by atoms with Gasteiger partial charge in [-0.05, 0) is 26.8 Å². The van der Waals surface area contributed by atoms with Crippen molar-refractivity contribution in [2.75, 3.05) is 5.32 Å². The number of hydrogen-bond donors (Lipinski definition) is 2. The number of H-pyrrole nitrogens is 1.